The monoisotopic (exact) mass is 435 g/mol. The van der Waals surface area contributed by atoms with E-state index in [0.717, 1.165) is 11.1 Å². The van der Waals surface area contributed by atoms with Crippen molar-refractivity contribution in [2.75, 3.05) is 4.90 Å². The quantitative estimate of drug-likeness (QED) is 0.325. The molecule has 1 N–H and O–H groups in total. The van der Waals surface area contributed by atoms with E-state index in [0.29, 0.717) is 21.8 Å². The van der Waals surface area contributed by atoms with Crippen molar-refractivity contribution in [1.29, 1.82) is 0 Å². The Hall–Kier alpha value is -3.44. The van der Waals surface area contributed by atoms with E-state index in [2.05, 4.69) is 0 Å². The van der Waals surface area contributed by atoms with Gasteiger partial charge in [-0.1, -0.05) is 35.9 Å². The van der Waals surface area contributed by atoms with Crippen molar-refractivity contribution in [2.24, 2.45) is 0 Å². The molecule has 0 radical (unpaired) electrons. The van der Waals surface area contributed by atoms with Crippen molar-refractivity contribution in [3.63, 3.8) is 0 Å². The minimum atomic E-state index is -0.914. The van der Waals surface area contributed by atoms with E-state index >= 15 is 0 Å². The zero-order valence-electron chi connectivity index (χ0n) is 16.9. The van der Waals surface area contributed by atoms with Gasteiger partial charge >= 0.3 is 0 Å². The molecule has 3 aromatic rings. The van der Waals surface area contributed by atoms with Crippen LogP contribution in [0.15, 0.2) is 72.3 Å². The van der Waals surface area contributed by atoms with E-state index in [1.54, 1.807) is 36.4 Å². The van der Waals surface area contributed by atoms with E-state index < -0.39 is 23.5 Å². The van der Waals surface area contributed by atoms with Gasteiger partial charge in [0.15, 0.2) is 0 Å². The Balaban J connectivity index is 1.94. The van der Waals surface area contributed by atoms with Gasteiger partial charge < -0.3 is 5.11 Å². The lowest BCUT2D eigenvalue weighted by Crippen LogP contribution is -2.29. The smallest absolute Gasteiger partial charge is 0.300 e. The van der Waals surface area contributed by atoms with Gasteiger partial charge in [-0.15, -0.1) is 0 Å². The summed E-state index contributed by atoms with van der Waals surface area (Å²) in [4.78, 5) is 27.4. The second-order valence-corrected chi connectivity index (χ2v) is 7.93. The summed E-state index contributed by atoms with van der Waals surface area (Å²) in [6, 6.07) is 16.4. The number of ketones is 1. The largest absolute Gasteiger partial charge is 0.507 e. The summed E-state index contributed by atoms with van der Waals surface area (Å²) in [6.07, 6.45) is 0. The van der Waals surface area contributed by atoms with Crippen molar-refractivity contribution in [1.82, 2.24) is 0 Å². The zero-order valence-corrected chi connectivity index (χ0v) is 17.7. The average molecular weight is 436 g/mol. The first kappa shape index (κ1) is 20.8. The lowest BCUT2D eigenvalue weighted by atomic mass is 9.94. The minimum Gasteiger partial charge on any atom is -0.507 e. The number of hydrogen-bond acceptors (Lipinski definition) is 3. The molecule has 31 heavy (non-hydrogen) atoms. The molecule has 4 rings (SSSR count). The highest BCUT2D eigenvalue weighted by Gasteiger charge is 2.46. The summed E-state index contributed by atoms with van der Waals surface area (Å²) in [6.45, 7) is 3.84. The Labute approximate surface area is 184 Å². The van der Waals surface area contributed by atoms with Crippen molar-refractivity contribution < 1.29 is 19.1 Å². The summed E-state index contributed by atoms with van der Waals surface area (Å²) in [7, 11) is 0. The Morgan fingerprint density at radius 2 is 1.58 bits per heavy atom. The van der Waals surface area contributed by atoms with Crippen molar-refractivity contribution in [2.45, 2.75) is 19.9 Å². The number of rotatable bonds is 3. The molecule has 0 spiro atoms. The number of hydrogen-bond donors (Lipinski definition) is 1. The van der Waals surface area contributed by atoms with Crippen LogP contribution < -0.4 is 4.90 Å². The predicted molar refractivity (Wildman–Crippen MR) is 119 cm³/mol. The van der Waals surface area contributed by atoms with Crippen LogP contribution in [0.5, 0.6) is 0 Å². The maximum Gasteiger partial charge on any atom is 0.300 e. The van der Waals surface area contributed by atoms with Crippen LogP contribution in [-0.2, 0) is 9.59 Å². The number of aliphatic hydroxyl groups is 1. The number of amides is 1. The third-order valence-electron chi connectivity index (χ3n) is 5.52. The van der Waals surface area contributed by atoms with Gasteiger partial charge in [0.25, 0.3) is 11.7 Å². The van der Waals surface area contributed by atoms with Gasteiger partial charge in [0.2, 0.25) is 0 Å². The Morgan fingerprint density at radius 3 is 2.19 bits per heavy atom. The average Bonchev–Trinajstić information content (AvgIpc) is 3.01. The van der Waals surface area contributed by atoms with Crippen molar-refractivity contribution in [3.05, 3.63) is 105 Å². The van der Waals surface area contributed by atoms with E-state index in [9.17, 15) is 19.1 Å². The van der Waals surface area contributed by atoms with Crippen LogP contribution in [0.3, 0.4) is 0 Å². The first-order chi connectivity index (χ1) is 14.8. The first-order valence-corrected chi connectivity index (χ1v) is 10.1. The number of nitrogens with zero attached hydrogens (tertiary/aromatic N) is 1. The molecule has 1 atom stereocenters. The molecule has 0 saturated carbocycles. The van der Waals surface area contributed by atoms with E-state index in [-0.39, 0.29) is 11.3 Å². The van der Waals surface area contributed by atoms with E-state index in [1.807, 2.05) is 19.9 Å². The Kier molecular flexibility index (Phi) is 5.38. The molecule has 4 nitrogen and oxygen atoms in total. The van der Waals surface area contributed by atoms with Crippen LogP contribution in [0.25, 0.3) is 5.76 Å². The lowest BCUT2D eigenvalue weighted by molar-refractivity contribution is -0.132. The Bertz CT molecular complexity index is 1220. The van der Waals surface area contributed by atoms with Gasteiger partial charge in [0, 0.05) is 16.3 Å². The Morgan fingerprint density at radius 1 is 0.935 bits per heavy atom. The molecule has 6 heteroatoms. The zero-order chi connectivity index (χ0) is 22.3. The van der Waals surface area contributed by atoms with Crippen molar-refractivity contribution >= 4 is 34.7 Å². The molecule has 1 aliphatic rings. The van der Waals surface area contributed by atoms with E-state index in [1.165, 1.54) is 29.2 Å². The summed E-state index contributed by atoms with van der Waals surface area (Å²) < 4.78 is 13.6. The number of carbonyl (C=O) groups is 2. The van der Waals surface area contributed by atoms with Gasteiger partial charge in [0.1, 0.15) is 11.6 Å². The van der Waals surface area contributed by atoms with Gasteiger partial charge in [0.05, 0.1) is 11.6 Å². The van der Waals surface area contributed by atoms with Crippen LogP contribution in [0.2, 0.25) is 5.02 Å². The molecule has 3 aromatic carbocycles. The van der Waals surface area contributed by atoms with Gasteiger partial charge in [-0.25, -0.2) is 4.39 Å². The molecule has 1 amide bonds. The molecule has 1 unspecified atom stereocenters. The number of aliphatic hydroxyl groups excluding tert-OH is 1. The molecule has 0 aromatic heterocycles. The van der Waals surface area contributed by atoms with Crippen LogP contribution in [-0.4, -0.2) is 16.8 Å². The predicted octanol–water partition coefficient (Wildman–Crippen LogP) is 5.72. The van der Waals surface area contributed by atoms with Crippen molar-refractivity contribution in [3.8, 4) is 0 Å². The molecule has 0 bridgehead atoms. The highest BCUT2D eigenvalue weighted by atomic mass is 35.5. The summed E-state index contributed by atoms with van der Waals surface area (Å²) in [5.41, 5.74) is 3.31. The number of halogens is 2. The number of aryl methyl sites for hydroxylation is 2. The molecule has 1 saturated heterocycles. The second-order valence-electron chi connectivity index (χ2n) is 7.50. The number of anilines is 1. The van der Waals surface area contributed by atoms with E-state index in [4.69, 9.17) is 11.6 Å². The molecule has 1 heterocycles. The summed E-state index contributed by atoms with van der Waals surface area (Å²) in [5.74, 6) is -2.30. The van der Waals surface area contributed by atoms with Gasteiger partial charge in [-0.05, 0) is 73.0 Å². The first-order valence-electron chi connectivity index (χ1n) is 9.67. The molecule has 156 valence electrons. The fraction of sp³-hybridized carbons (Fsp3) is 0.120. The number of Topliss-reactive ketones (excluding diaryl/α,β-unsaturated/α-hetero) is 1. The SMILES string of the molecule is Cc1ccc(/C(O)=C2/C(=O)C(=O)N(c3ccc(Cl)cc3)C2c2ccc(F)cc2)cc1C. The fourth-order valence-electron chi connectivity index (χ4n) is 3.71. The van der Waals surface area contributed by atoms with Gasteiger partial charge in [-0.2, -0.15) is 0 Å². The van der Waals surface area contributed by atoms with Crippen LogP contribution in [0.4, 0.5) is 10.1 Å². The molecule has 0 aliphatic carbocycles. The highest BCUT2D eigenvalue weighted by Crippen LogP contribution is 2.42. The maximum atomic E-state index is 13.6. The molecule has 1 aliphatic heterocycles. The standard InChI is InChI=1S/C25H19ClFNO3/c1-14-3-4-17(13-15(14)2)23(29)21-22(16-5-9-19(27)10-6-16)28(25(31)24(21)30)20-11-7-18(26)8-12-20/h3-13,22,29H,1-2H3/b23-21-. The van der Waals surface area contributed by atoms with Crippen LogP contribution in [0, 0.1) is 19.7 Å². The maximum absolute atomic E-state index is 13.6. The summed E-state index contributed by atoms with van der Waals surface area (Å²) >= 11 is 5.98. The number of carbonyl (C=O) groups excluding carboxylic acids is 2. The topological polar surface area (TPSA) is 57.6 Å². The normalized spacial score (nSPS) is 17.9. The lowest BCUT2D eigenvalue weighted by Gasteiger charge is -2.25. The highest BCUT2D eigenvalue weighted by molar-refractivity contribution is 6.51. The van der Waals surface area contributed by atoms with Crippen LogP contribution >= 0.6 is 11.6 Å². The third kappa shape index (κ3) is 3.73. The number of benzene rings is 3. The third-order valence-corrected chi connectivity index (χ3v) is 5.77. The molecular weight excluding hydrogens is 417 g/mol. The molecular formula is C25H19ClFNO3. The summed E-state index contributed by atoms with van der Waals surface area (Å²) in [5, 5.41) is 11.6. The van der Waals surface area contributed by atoms with Gasteiger partial charge in [-0.3, -0.25) is 14.5 Å². The second kappa shape index (κ2) is 8.00. The van der Waals surface area contributed by atoms with Crippen LogP contribution in [0.1, 0.15) is 28.3 Å². The minimum absolute atomic E-state index is 0.0465. The fourth-order valence-corrected chi connectivity index (χ4v) is 3.83. The molecule has 1 fully saturated rings.